The monoisotopic (exact) mass is 315 g/mol. The van der Waals surface area contributed by atoms with Crippen LogP contribution in [0.2, 0.25) is 0 Å². The van der Waals surface area contributed by atoms with Gasteiger partial charge in [-0.1, -0.05) is 43.5 Å². The maximum atomic E-state index is 12.6. The number of hydrogen-bond acceptors (Lipinski definition) is 2. The molecule has 1 N–H and O–H groups in total. The molecule has 1 fully saturated rings. The van der Waals surface area contributed by atoms with Crippen LogP contribution in [0.15, 0.2) is 36.9 Å². The largest absolute Gasteiger partial charge is 0.478 e. The lowest BCUT2D eigenvalue weighted by atomic mass is 9.89. The Kier molecular flexibility index (Phi) is 6.39. The van der Waals surface area contributed by atoms with Crippen molar-refractivity contribution in [2.75, 3.05) is 13.1 Å². The highest BCUT2D eigenvalue weighted by Crippen LogP contribution is 2.24. The number of amides is 1. The topological polar surface area (TPSA) is 57.6 Å². The first-order chi connectivity index (χ1) is 11.1. The van der Waals surface area contributed by atoms with Gasteiger partial charge in [0.05, 0.1) is 12.0 Å². The Labute approximate surface area is 137 Å². The van der Waals surface area contributed by atoms with Gasteiger partial charge in [-0.25, -0.2) is 4.79 Å². The fourth-order valence-corrected chi connectivity index (χ4v) is 3.27. The molecule has 0 radical (unpaired) electrons. The molecular weight excluding hydrogens is 290 g/mol. The Morgan fingerprint density at radius 1 is 1.22 bits per heavy atom. The van der Waals surface area contributed by atoms with Crippen LogP contribution in [0.5, 0.6) is 0 Å². The highest BCUT2D eigenvalue weighted by Gasteiger charge is 2.21. The van der Waals surface area contributed by atoms with E-state index >= 15 is 0 Å². The number of carboxylic acid groups (broad SMARTS) is 1. The third kappa shape index (κ3) is 4.95. The first-order valence-electron chi connectivity index (χ1n) is 8.31. The van der Waals surface area contributed by atoms with Crippen molar-refractivity contribution in [3.05, 3.63) is 48.0 Å². The highest BCUT2D eigenvalue weighted by molar-refractivity contribution is 5.91. The van der Waals surface area contributed by atoms with Crippen molar-refractivity contribution in [1.29, 1.82) is 0 Å². The van der Waals surface area contributed by atoms with Crippen molar-refractivity contribution in [3.63, 3.8) is 0 Å². The normalized spacial score (nSPS) is 15.1. The summed E-state index contributed by atoms with van der Waals surface area (Å²) in [6.07, 6.45) is 7.98. The lowest BCUT2D eigenvalue weighted by Gasteiger charge is -2.29. The zero-order valence-corrected chi connectivity index (χ0v) is 13.5. The van der Waals surface area contributed by atoms with E-state index in [1.807, 2.05) is 4.90 Å². The maximum absolute atomic E-state index is 12.6. The van der Waals surface area contributed by atoms with Crippen LogP contribution in [0, 0.1) is 5.92 Å². The van der Waals surface area contributed by atoms with E-state index in [2.05, 4.69) is 6.58 Å². The van der Waals surface area contributed by atoms with Crippen LogP contribution in [0.4, 0.5) is 0 Å². The van der Waals surface area contributed by atoms with Gasteiger partial charge in [-0.15, -0.1) is 6.58 Å². The molecule has 0 aromatic heterocycles. The molecule has 1 aromatic rings. The maximum Gasteiger partial charge on any atom is 0.335 e. The standard InChI is InChI=1S/C19H25NO3/c1-2-12-20(14-15-8-4-3-5-9-15)18(21)13-16-10-6-7-11-17(16)19(22)23/h2,6-7,10-11,15H,1,3-5,8-9,12-14H2,(H,22,23). The molecule has 0 heterocycles. The molecule has 1 amide bonds. The van der Waals surface area contributed by atoms with Crippen molar-refractivity contribution >= 4 is 11.9 Å². The summed E-state index contributed by atoms with van der Waals surface area (Å²) in [5, 5.41) is 9.24. The van der Waals surface area contributed by atoms with Gasteiger partial charge in [0, 0.05) is 13.1 Å². The SMILES string of the molecule is C=CCN(CC1CCCCC1)C(=O)Cc1ccccc1C(=O)O. The minimum atomic E-state index is -0.990. The number of aromatic carboxylic acids is 1. The molecule has 0 saturated heterocycles. The predicted molar refractivity (Wildman–Crippen MR) is 90.5 cm³/mol. The van der Waals surface area contributed by atoms with E-state index < -0.39 is 5.97 Å². The molecule has 1 aromatic carbocycles. The van der Waals surface area contributed by atoms with Gasteiger partial charge in [0.2, 0.25) is 5.91 Å². The Hall–Kier alpha value is -2.10. The summed E-state index contributed by atoms with van der Waals surface area (Å²) in [6.45, 7) is 5.01. The van der Waals surface area contributed by atoms with E-state index in [4.69, 9.17) is 0 Å². The number of rotatable bonds is 7. The average molecular weight is 315 g/mol. The molecule has 4 nitrogen and oxygen atoms in total. The lowest BCUT2D eigenvalue weighted by molar-refractivity contribution is -0.130. The second-order valence-corrected chi connectivity index (χ2v) is 6.23. The van der Waals surface area contributed by atoms with Crippen molar-refractivity contribution in [2.45, 2.75) is 38.5 Å². The fourth-order valence-electron chi connectivity index (χ4n) is 3.27. The van der Waals surface area contributed by atoms with Crippen LogP contribution in [-0.2, 0) is 11.2 Å². The molecule has 0 aliphatic heterocycles. The Morgan fingerprint density at radius 3 is 2.57 bits per heavy atom. The van der Waals surface area contributed by atoms with Crippen molar-refractivity contribution in [3.8, 4) is 0 Å². The van der Waals surface area contributed by atoms with Gasteiger partial charge in [0.15, 0.2) is 0 Å². The Balaban J connectivity index is 2.05. The summed E-state index contributed by atoms with van der Waals surface area (Å²) >= 11 is 0. The van der Waals surface area contributed by atoms with Gasteiger partial charge < -0.3 is 10.0 Å². The molecule has 124 valence electrons. The fraction of sp³-hybridized carbons (Fsp3) is 0.474. The van der Waals surface area contributed by atoms with Crippen LogP contribution >= 0.6 is 0 Å². The molecule has 23 heavy (non-hydrogen) atoms. The molecular formula is C19H25NO3. The van der Waals surface area contributed by atoms with Crippen molar-refractivity contribution in [2.24, 2.45) is 5.92 Å². The molecule has 0 unspecified atom stereocenters. The summed E-state index contributed by atoms with van der Waals surface area (Å²) in [7, 11) is 0. The molecule has 1 saturated carbocycles. The second-order valence-electron chi connectivity index (χ2n) is 6.23. The highest BCUT2D eigenvalue weighted by atomic mass is 16.4. The predicted octanol–water partition coefficient (Wildman–Crippen LogP) is 3.52. The Morgan fingerprint density at radius 2 is 1.91 bits per heavy atom. The van der Waals surface area contributed by atoms with Crippen LogP contribution in [0.3, 0.4) is 0 Å². The molecule has 4 heteroatoms. The lowest BCUT2D eigenvalue weighted by Crippen LogP contribution is -2.37. The first kappa shape index (κ1) is 17.3. The third-order valence-electron chi connectivity index (χ3n) is 4.49. The van der Waals surface area contributed by atoms with Crippen LogP contribution in [0.1, 0.15) is 48.0 Å². The number of carboxylic acids is 1. The van der Waals surface area contributed by atoms with Gasteiger partial charge in [-0.3, -0.25) is 4.79 Å². The molecule has 0 atom stereocenters. The molecule has 2 rings (SSSR count). The molecule has 1 aliphatic rings. The third-order valence-corrected chi connectivity index (χ3v) is 4.49. The van der Waals surface area contributed by atoms with E-state index in [-0.39, 0.29) is 17.9 Å². The number of carbonyl (C=O) groups excluding carboxylic acids is 1. The van der Waals surface area contributed by atoms with Gasteiger partial charge in [-0.05, 0) is 30.4 Å². The Bertz CT molecular complexity index is 561. The summed E-state index contributed by atoms with van der Waals surface area (Å²) in [5.74, 6) is -0.456. The molecule has 1 aliphatic carbocycles. The second kappa shape index (κ2) is 8.51. The van der Waals surface area contributed by atoms with E-state index in [0.29, 0.717) is 18.0 Å². The zero-order chi connectivity index (χ0) is 16.7. The van der Waals surface area contributed by atoms with E-state index in [1.165, 1.54) is 32.1 Å². The van der Waals surface area contributed by atoms with Gasteiger partial charge in [-0.2, -0.15) is 0 Å². The first-order valence-corrected chi connectivity index (χ1v) is 8.31. The number of hydrogen-bond donors (Lipinski definition) is 1. The summed E-state index contributed by atoms with van der Waals surface area (Å²) < 4.78 is 0. The van der Waals surface area contributed by atoms with Crippen LogP contribution < -0.4 is 0 Å². The van der Waals surface area contributed by atoms with Gasteiger partial charge in [0.25, 0.3) is 0 Å². The van der Waals surface area contributed by atoms with Crippen molar-refractivity contribution < 1.29 is 14.7 Å². The van der Waals surface area contributed by atoms with E-state index in [0.717, 1.165) is 6.54 Å². The quantitative estimate of drug-likeness (QED) is 0.783. The molecule has 0 bridgehead atoms. The summed E-state index contributed by atoms with van der Waals surface area (Å²) in [6, 6.07) is 6.72. The summed E-state index contributed by atoms with van der Waals surface area (Å²) in [5.41, 5.74) is 0.778. The van der Waals surface area contributed by atoms with Crippen LogP contribution in [0.25, 0.3) is 0 Å². The smallest absolute Gasteiger partial charge is 0.335 e. The summed E-state index contributed by atoms with van der Waals surface area (Å²) in [4.78, 5) is 25.7. The van der Waals surface area contributed by atoms with Crippen LogP contribution in [-0.4, -0.2) is 35.0 Å². The van der Waals surface area contributed by atoms with Gasteiger partial charge in [0.1, 0.15) is 0 Å². The minimum Gasteiger partial charge on any atom is -0.478 e. The van der Waals surface area contributed by atoms with E-state index in [9.17, 15) is 14.7 Å². The minimum absolute atomic E-state index is 0.0239. The zero-order valence-electron chi connectivity index (χ0n) is 13.5. The average Bonchev–Trinajstić information content (AvgIpc) is 2.55. The molecule has 0 spiro atoms. The van der Waals surface area contributed by atoms with Gasteiger partial charge >= 0.3 is 5.97 Å². The van der Waals surface area contributed by atoms with Crippen molar-refractivity contribution in [1.82, 2.24) is 4.90 Å². The number of carbonyl (C=O) groups is 2. The van der Waals surface area contributed by atoms with E-state index in [1.54, 1.807) is 30.3 Å². The number of nitrogens with zero attached hydrogens (tertiary/aromatic N) is 1. The number of benzene rings is 1.